The summed E-state index contributed by atoms with van der Waals surface area (Å²) in [6, 6.07) is 7.57. The molecule has 1 saturated heterocycles. The number of hydrogen-bond donors (Lipinski definition) is 3. The smallest absolute Gasteiger partial charge is 0.241 e. The van der Waals surface area contributed by atoms with E-state index in [1.807, 2.05) is 0 Å². The number of nitrogens with one attached hydrogen (secondary N) is 2. The first-order valence-corrected chi connectivity index (χ1v) is 12.8. The van der Waals surface area contributed by atoms with Crippen LogP contribution >= 0.6 is 15.9 Å². The lowest BCUT2D eigenvalue weighted by atomic mass is 9.97. The Morgan fingerprint density at radius 1 is 1.28 bits per heavy atom. The summed E-state index contributed by atoms with van der Waals surface area (Å²) in [5.41, 5.74) is 0.710. The second kappa shape index (κ2) is 9.74. The predicted molar refractivity (Wildman–Crippen MR) is 123 cm³/mol. The quantitative estimate of drug-likeness (QED) is 0.417. The predicted octanol–water partition coefficient (Wildman–Crippen LogP) is 2.09. The van der Waals surface area contributed by atoms with Gasteiger partial charge in [-0.3, -0.25) is 9.48 Å². The number of fused-ring (bicyclic) bond motifs is 1. The normalized spacial score (nSPS) is 16.5. The van der Waals surface area contributed by atoms with Gasteiger partial charge in [-0.2, -0.15) is 9.82 Å². The van der Waals surface area contributed by atoms with Crippen molar-refractivity contribution < 1.29 is 18.3 Å². The number of aliphatic hydroxyl groups excluding tert-OH is 1. The summed E-state index contributed by atoms with van der Waals surface area (Å²) < 4.78 is 31.7. The average Bonchev–Trinajstić information content (AvgIpc) is 3.44. The van der Waals surface area contributed by atoms with Crippen molar-refractivity contribution in [1.29, 1.82) is 0 Å². The van der Waals surface area contributed by atoms with E-state index in [2.05, 4.69) is 30.7 Å². The fourth-order valence-corrected chi connectivity index (χ4v) is 5.90. The van der Waals surface area contributed by atoms with Gasteiger partial charge in [-0.15, -0.1) is 0 Å². The lowest BCUT2D eigenvalue weighted by Crippen LogP contribution is -2.51. The number of aryl methyl sites for hydroxylation is 1. The Morgan fingerprint density at radius 3 is 2.75 bits per heavy atom. The molecule has 1 fully saturated rings. The second-order valence-corrected chi connectivity index (χ2v) is 10.5. The molecule has 3 aromatic rings. The fraction of sp³-hybridized carbons (Fsp3) is 0.429. The zero-order valence-corrected chi connectivity index (χ0v) is 19.8. The van der Waals surface area contributed by atoms with E-state index in [9.17, 15) is 18.3 Å². The molecule has 2 aromatic heterocycles. The largest absolute Gasteiger partial charge is 0.396 e. The molecule has 4 rings (SSSR count). The molecular weight excluding hydrogens is 498 g/mol. The van der Waals surface area contributed by atoms with Crippen molar-refractivity contribution in [2.75, 3.05) is 19.7 Å². The molecule has 0 spiro atoms. The Hall–Kier alpha value is -2.21. The third-order valence-corrected chi connectivity index (χ3v) is 8.12. The van der Waals surface area contributed by atoms with Crippen LogP contribution in [-0.4, -0.2) is 64.8 Å². The SMILES string of the molecule is O=C(C(CCn1nccc1Br)NS(=O)(=O)c1cccc2[nH]ccc12)N1CCC(CO)CC1. The number of aliphatic hydroxyl groups is 1. The first kappa shape index (κ1) is 23.0. The van der Waals surface area contributed by atoms with E-state index >= 15 is 0 Å². The van der Waals surface area contributed by atoms with Gasteiger partial charge in [0.1, 0.15) is 10.6 Å². The van der Waals surface area contributed by atoms with Crippen molar-refractivity contribution in [3.8, 4) is 0 Å². The van der Waals surface area contributed by atoms with E-state index in [0.717, 1.165) is 4.60 Å². The molecule has 1 aromatic carbocycles. The van der Waals surface area contributed by atoms with Crippen LogP contribution < -0.4 is 4.72 Å². The number of amides is 1. The Balaban J connectivity index is 1.57. The highest BCUT2D eigenvalue weighted by atomic mass is 79.9. The third-order valence-electron chi connectivity index (χ3n) is 5.92. The molecular formula is C21H26BrN5O4S. The minimum absolute atomic E-state index is 0.103. The molecule has 3 N–H and O–H groups in total. The number of halogens is 1. The number of carbonyl (C=O) groups is 1. The number of likely N-dealkylation sites (tertiary alicyclic amines) is 1. The van der Waals surface area contributed by atoms with Gasteiger partial charge in [0.2, 0.25) is 15.9 Å². The maximum absolute atomic E-state index is 13.3. The number of hydrogen-bond acceptors (Lipinski definition) is 5. The van der Waals surface area contributed by atoms with Gasteiger partial charge in [0.05, 0.1) is 11.1 Å². The number of sulfonamides is 1. The van der Waals surface area contributed by atoms with Crippen molar-refractivity contribution in [2.45, 2.75) is 36.7 Å². The van der Waals surface area contributed by atoms with Crippen LogP contribution in [0.25, 0.3) is 10.9 Å². The minimum atomic E-state index is -3.96. The molecule has 32 heavy (non-hydrogen) atoms. The van der Waals surface area contributed by atoms with Crippen molar-refractivity contribution in [3.63, 3.8) is 0 Å². The average molecular weight is 524 g/mol. The first-order valence-electron chi connectivity index (χ1n) is 10.5. The zero-order valence-electron chi connectivity index (χ0n) is 17.4. The highest BCUT2D eigenvalue weighted by Crippen LogP contribution is 2.23. The number of rotatable bonds is 8. The highest BCUT2D eigenvalue weighted by molar-refractivity contribution is 9.10. The maximum atomic E-state index is 13.3. The van der Waals surface area contributed by atoms with Crippen molar-refractivity contribution in [3.05, 3.63) is 47.3 Å². The van der Waals surface area contributed by atoms with Gasteiger partial charge >= 0.3 is 0 Å². The number of nitrogens with zero attached hydrogens (tertiary/aromatic N) is 3. The monoisotopic (exact) mass is 523 g/mol. The van der Waals surface area contributed by atoms with Gasteiger partial charge in [-0.25, -0.2) is 8.42 Å². The van der Waals surface area contributed by atoms with Gasteiger partial charge < -0.3 is 15.0 Å². The van der Waals surface area contributed by atoms with E-state index in [1.54, 1.807) is 46.2 Å². The number of piperidine rings is 1. The highest BCUT2D eigenvalue weighted by Gasteiger charge is 2.32. The minimum Gasteiger partial charge on any atom is -0.396 e. The summed E-state index contributed by atoms with van der Waals surface area (Å²) in [4.78, 5) is 18.2. The van der Waals surface area contributed by atoms with E-state index in [4.69, 9.17) is 0 Å². The molecule has 0 radical (unpaired) electrons. The molecule has 1 aliphatic heterocycles. The zero-order chi connectivity index (χ0) is 22.7. The molecule has 1 atom stereocenters. The Morgan fingerprint density at radius 2 is 2.06 bits per heavy atom. The molecule has 172 valence electrons. The molecule has 0 bridgehead atoms. The van der Waals surface area contributed by atoms with Gasteiger partial charge in [0.25, 0.3) is 0 Å². The molecule has 11 heteroatoms. The summed E-state index contributed by atoms with van der Waals surface area (Å²) in [5.74, 6) is -0.0742. The van der Waals surface area contributed by atoms with Crippen LogP contribution in [0.5, 0.6) is 0 Å². The number of carbonyl (C=O) groups excluding carboxylic acids is 1. The third kappa shape index (κ3) is 4.90. The molecule has 0 aliphatic carbocycles. The van der Waals surface area contributed by atoms with Gasteiger partial charge in [-0.05, 0) is 65.4 Å². The van der Waals surface area contributed by atoms with E-state index in [1.165, 1.54) is 6.07 Å². The van der Waals surface area contributed by atoms with Crippen LogP contribution in [0, 0.1) is 5.92 Å². The van der Waals surface area contributed by atoms with Gasteiger partial charge in [-0.1, -0.05) is 6.07 Å². The molecule has 1 unspecified atom stereocenters. The van der Waals surface area contributed by atoms with E-state index < -0.39 is 16.1 Å². The summed E-state index contributed by atoms with van der Waals surface area (Å²) in [6.07, 6.45) is 4.98. The Labute approximate surface area is 195 Å². The summed E-state index contributed by atoms with van der Waals surface area (Å²) in [7, 11) is -3.96. The van der Waals surface area contributed by atoms with Crippen LogP contribution in [-0.2, 0) is 21.4 Å². The topological polar surface area (TPSA) is 120 Å². The molecule has 1 amide bonds. The Bertz CT molecular complexity index is 1180. The number of H-pyrrole nitrogens is 1. The number of benzene rings is 1. The van der Waals surface area contributed by atoms with Crippen molar-refractivity contribution in [2.24, 2.45) is 5.92 Å². The van der Waals surface area contributed by atoms with E-state index in [-0.39, 0.29) is 29.7 Å². The van der Waals surface area contributed by atoms with Gasteiger partial charge in [0.15, 0.2) is 0 Å². The molecule has 1 aliphatic rings. The lowest BCUT2D eigenvalue weighted by Gasteiger charge is -2.33. The maximum Gasteiger partial charge on any atom is 0.241 e. The van der Waals surface area contributed by atoms with E-state index in [0.29, 0.717) is 43.4 Å². The van der Waals surface area contributed by atoms with Crippen LogP contribution in [0.4, 0.5) is 0 Å². The first-order chi connectivity index (χ1) is 15.4. The molecule has 9 nitrogen and oxygen atoms in total. The van der Waals surface area contributed by atoms with Crippen LogP contribution in [0.1, 0.15) is 19.3 Å². The van der Waals surface area contributed by atoms with Crippen LogP contribution in [0.15, 0.2) is 52.2 Å². The second-order valence-electron chi connectivity index (χ2n) is 7.99. The van der Waals surface area contributed by atoms with Crippen LogP contribution in [0.2, 0.25) is 0 Å². The van der Waals surface area contributed by atoms with Crippen molar-refractivity contribution in [1.82, 2.24) is 24.4 Å². The van der Waals surface area contributed by atoms with Crippen molar-refractivity contribution >= 4 is 42.8 Å². The Kier molecular flexibility index (Phi) is 6.99. The molecule has 3 heterocycles. The van der Waals surface area contributed by atoms with Crippen LogP contribution in [0.3, 0.4) is 0 Å². The number of aromatic amines is 1. The number of aromatic nitrogens is 3. The van der Waals surface area contributed by atoms with Gasteiger partial charge in [0, 0.05) is 43.3 Å². The standard InChI is InChI=1S/C21H26BrN5O4S/c22-20-5-10-24-27(20)13-8-18(21(29)26-11-6-15(14-28)7-12-26)25-32(30,31)19-3-1-2-17-16(19)4-9-23-17/h1-5,9-10,15,18,23,25,28H,6-8,11-14H2. The summed E-state index contributed by atoms with van der Waals surface area (Å²) in [5, 5.41) is 14.2. The lowest BCUT2D eigenvalue weighted by molar-refractivity contribution is -0.134. The summed E-state index contributed by atoms with van der Waals surface area (Å²) in [6.45, 7) is 1.47. The molecule has 0 saturated carbocycles. The summed E-state index contributed by atoms with van der Waals surface area (Å²) >= 11 is 3.40. The fourth-order valence-electron chi connectivity index (χ4n) is 4.06.